The van der Waals surface area contributed by atoms with Crippen molar-refractivity contribution >= 4 is 24.0 Å². The van der Waals surface area contributed by atoms with E-state index in [2.05, 4.69) is 12.2 Å². The second-order valence-electron chi connectivity index (χ2n) is 4.45. The van der Waals surface area contributed by atoms with E-state index < -0.39 is 0 Å². The topological polar surface area (TPSA) is 46.2 Å². The van der Waals surface area contributed by atoms with Gasteiger partial charge >= 0.3 is 0 Å². The van der Waals surface area contributed by atoms with Gasteiger partial charge in [0.25, 0.3) is 0 Å². The van der Waals surface area contributed by atoms with Gasteiger partial charge in [-0.2, -0.15) is 0 Å². The van der Waals surface area contributed by atoms with Crippen LogP contribution in [0.4, 0.5) is 0 Å². The second-order valence-corrected chi connectivity index (χ2v) is 5.86. The van der Waals surface area contributed by atoms with E-state index in [9.17, 15) is 9.59 Å². The molecule has 1 aromatic rings. The summed E-state index contributed by atoms with van der Waals surface area (Å²) in [6.07, 6.45) is 4.16. The summed E-state index contributed by atoms with van der Waals surface area (Å²) in [5.41, 5.74) is 0.654. The molecule has 1 amide bonds. The van der Waals surface area contributed by atoms with Crippen LogP contribution in [0.5, 0.6) is 0 Å². The minimum Gasteiger partial charge on any atom is -0.355 e. The van der Waals surface area contributed by atoms with E-state index in [1.165, 1.54) is 11.8 Å². The van der Waals surface area contributed by atoms with Crippen LogP contribution in [0.3, 0.4) is 0 Å². The molecule has 1 atom stereocenters. The number of amides is 1. The Balaban J connectivity index is 2.37. The third-order valence-corrected chi connectivity index (χ3v) is 3.89. The Labute approximate surface area is 119 Å². The van der Waals surface area contributed by atoms with Crippen molar-refractivity contribution in [2.75, 3.05) is 6.54 Å². The van der Waals surface area contributed by atoms with Crippen LogP contribution >= 0.6 is 11.8 Å². The van der Waals surface area contributed by atoms with Crippen molar-refractivity contribution in [2.24, 2.45) is 0 Å². The van der Waals surface area contributed by atoms with E-state index in [1.807, 2.05) is 19.1 Å². The van der Waals surface area contributed by atoms with E-state index in [1.54, 1.807) is 12.1 Å². The molecule has 1 unspecified atom stereocenters. The van der Waals surface area contributed by atoms with Crippen LogP contribution in [-0.2, 0) is 4.79 Å². The second kappa shape index (κ2) is 8.75. The number of carbonyl (C=O) groups excluding carboxylic acids is 2. The summed E-state index contributed by atoms with van der Waals surface area (Å²) in [5.74, 6) is 0.0700. The molecule has 3 nitrogen and oxygen atoms in total. The Morgan fingerprint density at radius 2 is 2.00 bits per heavy atom. The molecular formula is C15H21NO2S. The maximum atomic E-state index is 11.8. The van der Waals surface area contributed by atoms with Crippen LogP contribution < -0.4 is 5.32 Å². The van der Waals surface area contributed by atoms with Crippen molar-refractivity contribution in [1.82, 2.24) is 5.32 Å². The van der Waals surface area contributed by atoms with Gasteiger partial charge in [-0.1, -0.05) is 31.9 Å². The van der Waals surface area contributed by atoms with E-state index in [0.717, 1.165) is 37.0 Å². The van der Waals surface area contributed by atoms with Crippen LogP contribution in [0.1, 0.15) is 43.5 Å². The highest BCUT2D eigenvalue weighted by molar-refractivity contribution is 8.00. The van der Waals surface area contributed by atoms with Crippen molar-refractivity contribution in [3.05, 3.63) is 29.8 Å². The highest BCUT2D eigenvalue weighted by atomic mass is 32.2. The molecule has 104 valence electrons. The zero-order valence-corrected chi connectivity index (χ0v) is 12.3. The first-order valence-electron chi connectivity index (χ1n) is 6.67. The predicted molar refractivity (Wildman–Crippen MR) is 79.7 cm³/mol. The van der Waals surface area contributed by atoms with Crippen LogP contribution in [0.15, 0.2) is 29.2 Å². The van der Waals surface area contributed by atoms with Gasteiger partial charge in [-0.3, -0.25) is 9.59 Å². The minimum absolute atomic E-state index is 0.0700. The molecule has 0 aromatic heterocycles. The quantitative estimate of drug-likeness (QED) is 0.451. The van der Waals surface area contributed by atoms with E-state index in [0.29, 0.717) is 5.56 Å². The van der Waals surface area contributed by atoms with Crippen LogP contribution in [0, 0.1) is 0 Å². The first-order chi connectivity index (χ1) is 9.17. The first kappa shape index (κ1) is 15.8. The molecule has 0 aliphatic heterocycles. The standard InChI is InChI=1S/C15H21NO2S/c1-3-4-5-10-16-15(18)12(2)19-14-8-6-13(11-17)7-9-14/h6-9,11-12H,3-5,10H2,1-2H3,(H,16,18). The number of hydrogen-bond acceptors (Lipinski definition) is 3. The van der Waals surface area contributed by atoms with Crippen LogP contribution in [0.2, 0.25) is 0 Å². The predicted octanol–water partition coefficient (Wildman–Crippen LogP) is 3.29. The highest BCUT2D eigenvalue weighted by Crippen LogP contribution is 2.23. The number of benzene rings is 1. The van der Waals surface area contributed by atoms with Gasteiger partial charge in [-0.05, 0) is 25.5 Å². The Morgan fingerprint density at radius 1 is 1.32 bits per heavy atom. The van der Waals surface area contributed by atoms with E-state index in [4.69, 9.17) is 0 Å². The molecule has 1 N–H and O–H groups in total. The molecule has 0 aliphatic rings. The lowest BCUT2D eigenvalue weighted by Crippen LogP contribution is -2.31. The fraction of sp³-hybridized carbons (Fsp3) is 0.467. The number of hydrogen-bond donors (Lipinski definition) is 1. The Kier molecular flexibility index (Phi) is 7.26. The van der Waals surface area contributed by atoms with E-state index in [-0.39, 0.29) is 11.2 Å². The Bertz CT molecular complexity index is 403. The molecule has 1 aromatic carbocycles. The molecule has 4 heteroatoms. The Morgan fingerprint density at radius 3 is 2.58 bits per heavy atom. The van der Waals surface area contributed by atoms with Gasteiger partial charge in [-0.15, -0.1) is 11.8 Å². The summed E-state index contributed by atoms with van der Waals surface area (Å²) in [6, 6.07) is 7.27. The van der Waals surface area contributed by atoms with Crippen molar-refractivity contribution < 1.29 is 9.59 Å². The lowest BCUT2D eigenvalue weighted by Gasteiger charge is -2.11. The fourth-order valence-electron chi connectivity index (χ4n) is 1.61. The third-order valence-electron chi connectivity index (χ3n) is 2.78. The summed E-state index contributed by atoms with van der Waals surface area (Å²) in [6.45, 7) is 4.79. The summed E-state index contributed by atoms with van der Waals surface area (Å²) in [7, 11) is 0. The largest absolute Gasteiger partial charge is 0.355 e. The van der Waals surface area contributed by atoms with Gasteiger partial charge in [0.15, 0.2) is 0 Å². The monoisotopic (exact) mass is 279 g/mol. The molecule has 19 heavy (non-hydrogen) atoms. The minimum atomic E-state index is -0.122. The summed E-state index contributed by atoms with van der Waals surface area (Å²) in [4.78, 5) is 23.4. The number of unbranched alkanes of at least 4 members (excludes halogenated alkanes) is 2. The maximum Gasteiger partial charge on any atom is 0.233 e. The molecule has 0 bridgehead atoms. The average molecular weight is 279 g/mol. The van der Waals surface area contributed by atoms with E-state index >= 15 is 0 Å². The lowest BCUT2D eigenvalue weighted by atomic mass is 10.2. The third kappa shape index (κ3) is 5.92. The molecule has 0 saturated carbocycles. The van der Waals surface area contributed by atoms with Gasteiger partial charge in [0.1, 0.15) is 6.29 Å². The molecule has 0 heterocycles. The fourth-order valence-corrected chi connectivity index (χ4v) is 2.50. The SMILES string of the molecule is CCCCCNC(=O)C(C)Sc1ccc(C=O)cc1. The van der Waals surface area contributed by atoms with Gasteiger partial charge < -0.3 is 5.32 Å². The van der Waals surface area contributed by atoms with Crippen LogP contribution in [0.25, 0.3) is 0 Å². The van der Waals surface area contributed by atoms with Crippen LogP contribution in [-0.4, -0.2) is 24.0 Å². The van der Waals surface area contributed by atoms with Gasteiger partial charge in [0, 0.05) is 17.0 Å². The summed E-state index contributed by atoms with van der Waals surface area (Å²) >= 11 is 1.51. The normalized spacial score (nSPS) is 11.9. The van der Waals surface area contributed by atoms with Gasteiger partial charge in [0.05, 0.1) is 5.25 Å². The zero-order valence-electron chi connectivity index (χ0n) is 11.5. The molecular weight excluding hydrogens is 258 g/mol. The van der Waals surface area contributed by atoms with Gasteiger partial charge in [-0.25, -0.2) is 0 Å². The number of aldehydes is 1. The molecule has 1 rings (SSSR count). The number of thioether (sulfide) groups is 1. The first-order valence-corrected chi connectivity index (χ1v) is 7.55. The summed E-state index contributed by atoms with van der Waals surface area (Å²) in [5, 5.41) is 2.82. The van der Waals surface area contributed by atoms with Crippen molar-refractivity contribution in [2.45, 2.75) is 43.3 Å². The molecule has 0 fully saturated rings. The van der Waals surface area contributed by atoms with Crippen molar-refractivity contribution in [3.8, 4) is 0 Å². The highest BCUT2D eigenvalue weighted by Gasteiger charge is 2.13. The number of nitrogens with one attached hydrogen (secondary N) is 1. The molecule has 0 radical (unpaired) electrons. The van der Waals surface area contributed by atoms with Crippen molar-refractivity contribution in [3.63, 3.8) is 0 Å². The lowest BCUT2D eigenvalue weighted by molar-refractivity contribution is -0.120. The Hall–Kier alpha value is -1.29. The number of rotatable bonds is 8. The molecule has 0 aliphatic carbocycles. The number of carbonyl (C=O) groups is 2. The maximum absolute atomic E-state index is 11.8. The molecule has 0 saturated heterocycles. The molecule has 0 spiro atoms. The van der Waals surface area contributed by atoms with Gasteiger partial charge in [0.2, 0.25) is 5.91 Å². The summed E-state index contributed by atoms with van der Waals surface area (Å²) < 4.78 is 0. The smallest absolute Gasteiger partial charge is 0.233 e. The van der Waals surface area contributed by atoms with Crippen molar-refractivity contribution in [1.29, 1.82) is 0 Å². The zero-order chi connectivity index (χ0) is 14.1. The average Bonchev–Trinajstić information content (AvgIpc) is 2.44.